The number of hydrogen-bond acceptors (Lipinski definition) is 2. The fourth-order valence-corrected chi connectivity index (χ4v) is 2.15. The predicted octanol–water partition coefficient (Wildman–Crippen LogP) is 3.55. The molecule has 3 nitrogen and oxygen atoms in total. The Bertz CT molecular complexity index is 552. The summed E-state index contributed by atoms with van der Waals surface area (Å²) in [5.74, 6) is 0.660. The second kappa shape index (κ2) is 5.86. The zero-order chi connectivity index (χ0) is 13.0. The highest BCUT2D eigenvalue weighted by atomic mass is 127. The van der Waals surface area contributed by atoms with Gasteiger partial charge in [-0.05, 0) is 59.0 Å². The number of carbonyl (C=O) groups is 1. The number of halogens is 1. The molecule has 0 radical (unpaired) electrons. The summed E-state index contributed by atoms with van der Waals surface area (Å²) in [5, 5.41) is 2.85. The van der Waals surface area contributed by atoms with Crippen molar-refractivity contribution in [3.63, 3.8) is 0 Å². The Balaban J connectivity index is 2.14. The van der Waals surface area contributed by atoms with Gasteiger partial charge in [-0.25, -0.2) is 0 Å². The average molecular weight is 353 g/mol. The van der Waals surface area contributed by atoms with E-state index in [4.69, 9.17) is 4.74 Å². The van der Waals surface area contributed by atoms with E-state index in [2.05, 4.69) is 27.9 Å². The predicted molar refractivity (Wildman–Crippen MR) is 80.1 cm³/mol. The van der Waals surface area contributed by atoms with Crippen molar-refractivity contribution in [2.45, 2.75) is 0 Å². The molecule has 92 valence electrons. The van der Waals surface area contributed by atoms with E-state index >= 15 is 0 Å². The first kappa shape index (κ1) is 12.9. The Morgan fingerprint density at radius 3 is 2.39 bits per heavy atom. The Morgan fingerprint density at radius 2 is 1.78 bits per heavy atom. The molecular weight excluding hydrogens is 341 g/mol. The Labute approximate surface area is 119 Å². The van der Waals surface area contributed by atoms with Crippen LogP contribution in [-0.2, 0) is 0 Å². The summed E-state index contributed by atoms with van der Waals surface area (Å²) in [6.07, 6.45) is 0. The number of methoxy groups -OCH3 is 1. The summed E-state index contributed by atoms with van der Waals surface area (Å²) in [5.41, 5.74) is 1.43. The number of nitrogens with one attached hydrogen (secondary N) is 1. The standard InChI is InChI=1S/C14H12INO2/c1-18-11-8-6-10(7-9-11)16-14(17)12-4-2-3-5-13(12)15/h2-9H,1H3,(H,16,17). The molecule has 0 saturated carbocycles. The molecule has 0 aliphatic rings. The van der Waals surface area contributed by atoms with Gasteiger partial charge in [-0.1, -0.05) is 12.1 Å². The lowest BCUT2D eigenvalue weighted by molar-refractivity contribution is 0.102. The Kier molecular flexibility index (Phi) is 4.19. The zero-order valence-electron chi connectivity index (χ0n) is 9.81. The van der Waals surface area contributed by atoms with Gasteiger partial charge in [-0.15, -0.1) is 0 Å². The molecule has 0 fully saturated rings. The lowest BCUT2D eigenvalue weighted by Gasteiger charge is -2.07. The minimum Gasteiger partial charge on any atom is -0.497 e. The molecule has 1 amide bonds. The SMILES string of the molecule is COc1ccc(NC(=O)c2ccccc2I)cc1. The third-order valence-corrected chi connectivity index (χ3v) is 3.41. The highest BCUT2D eigenvalue weighted by molar-refractivity contribution is 14.1. The van der Waals surface area contributed by atoms with Crippen LogP contribution in [-0.4, -0.2) is 13.0 Å². The molecule has 0 aromatic heterocycles. The van der Waals surface area contributed by atoms with E-state index in [1.54, 1.807) is 13.2 Å². The maximum atomic E-state index is 12.0. The van der Waals surface area contributed by atoms with Gasteiger partial charge in [0.2, 0.25) is 0 Å². The van der Waals surface area contributed by atoms with E-state index in [9.17, 15) is 4.79 Å². The summed E-state index contributed by atoms with van der Waals surface area (Å²) in [4.78, 5) is 12.0. The largest absolute Gasteiger partial charge is 0.497 e. The highest BCUT2D eigenvalue weighted by Crippen LogP contribution is 2.17. The molecule has 4 heteroatoms. The molecule has 0 heterocycles. The van der Waals surface area contributed by atoms with Gasteiger partial charge >= 0.3 is 0 Å². The molecule has 0 saturated heterocycles. The van der Waals surface area contributed by atoms with Crippen molar-refractivity contribution >= 4 is 34.2 Å². The molecule has 0 aliphatic heterocycles. The second-order valence-electron chi connectivity index (χ2n) is 3.66. The van der Waals surface area contributed by atoms with Gasteiger partial charge in [0.15, 0.2) is 0 Å². The third kappa shape index (κ3) is 3.01. The van der Waals surface area contributed by atoms with Gasteiger partial charge in [0.25, 0.3) is 5.91 Å². The van der Waals surface area contributed by atoms with Gasteiger partial charge in [-0.3, -0.25) is 4.79 Å². The maximum Gasteiger partial charge on any atom is 0.256 e. The Hall–Kier alpha value is -1.56. The van der Waals surface area contributed by atoms with Crippen LogP contribution >= 0.6 is 22.6 Å². The monoisotopic (exact) mass is 353 g/mol. The normalized spacial score (nSPS) is 9.89. The number of rotatable bonds is 3. The minimum atomic E-state index is -0.106. The molecule has 2 aromatic rings. The zero-order valence-corrected chi connectivity index (χ0v) is 12.0. The molecule has 0 bridgehead atoms. The summed E-state index contributed by atoms with van der Waals surface area (Å²) < 4.78 is 6.00. The van der Waals surface area contributed by atoms with Crippen LogP contribution in [0.1, 0.15) is 10.4 Å². The summed E-state index contributed by atoms with van der Waals surface area (Å²) >= 11 is 2.15. The van der Waals surface area contributed by atoms with Crippen molar-refractivity contribution in [3.8, 4) is 5.75 Å². The van der Waals surface area contributed by atoms with Crippen LogP contribution in [0.3, 0.4) is 0 Å². The summed E-state index contributed by atoms with van der Waals surface area (Å²) in [6.45, 7) is 0. The van der Waals surface area contributed by atoms with Gasteiger partial charge < -0.3 is 10.1 Å². The van der Waals surface area contributed by atoms with E-state index in [1.807, 2.05) is 42.5 Å². The molecule has 2 aromatic carbocycles. The first-order valence-corrected chi connectivity index (χ1v) is 6.48. The van der Waals surface area contributed by atoms with Crippen LogP contribution in [0.4, 0.5) is 5.69 Å². The highest BCUT2D eigenvalue weighted by Gasteiger charge is 2.09. The van der Waals surface area contributed by atoms with Crippen molar-refractivity contribution < 1.29 is 9.53 Å². The van der Waals surface area contributed by atoms with E-state index in [0.717, 1.165) is 15.0 Å². The van der Waals surface area contributed by atoms with Crippen molar-refractivity contribution in [3.05, 3.63) is 57.7 Å². The Morgan fingerprint density at radius 1 is 1.11 bits per heavy atom. The lowest BCUT2D eigenvalue weighted by Crippen LogP contribution is -2.13. The molecule has 1 N–H and O–H groups in total. The third-order valence-electron chi connectivity index (χ3n) is 2.47. The average Bonchev–Trinajstić information content (AvgIpc) is 2.40. The number of hydrogen-bond donors (Lipinski definition) is 1. The first-order valence-electron chi connectivity index (χ1n) is 5.40. The quantitative estimate of drug-likeness (QED) is 0.857. The lowest BCUT2D eigenvalue weighted by atomic mass is 10.2. The first-order chi connectivity index (χ1) is 8.70. The van der Waals surface area contributed by atoms with E-state index in [1.165, 1.54) is 0 Å². The smallest absolute Gasteiger partial charge is 0.256 e. The van der Waals surface area contributed by atoms with Gasteiger partial charge in [0.05, 0.1) is 12.7 Å². The van der Waals surface area contributed by atoms with E-state index < -0.39 is 0 Å². The van der Waals surface area contributed by atoms with Gasteiger partial charge in [-0.2, -0.15) is 0 Å². The minimum absolute atomic E-state index is 0.106. The summed E-state index contributed by atoms with van der Waals surface area (Å²) in [6, 6.07) is 14.7. The molecule has 0 spiro atoms. The van der Waals surface area contributed by atoms with Crippen LogP contribution in [0.2, 0.25) is 0 Å². The second-order valence-corrected chi connectivity index (χ2v) is 4.82. The topological polar surface area (TPSA) is 38.3 Å². The van der Waals surface area contributed by atoms with Crippen LogP contribution in [0, 0.1) is 3.57 Å². The fourth-order valence-electron chi connectivity index (χ4n) is 1.52. The van der Waals surface area contributed by atoms with Crippen LogP contribution in [0.15, 0.2) is 48.5 Å². The molecule has 0 unspecified atom stereocenters. The fraction of sp³-hybridized carbons (Fsp3) is 0.0714. The molecule has 18 heavy (non-hydrogen) atoms. The number of carbonyl (C=O) groups excluding carboxylic acids is 1. The van der Waals surface area contributed by atoms with Crippen molar-refractivity contribution in [1.29, 1.82) is 0 Å². The van der Waals surface area contributed by atoms with Crippen LogP contribution < -0.4 is 10.1 Å². The maximum absolute atomic E-state index is 12.0. The number of amides is 1. The van der Waals surface area contributed by atoms with Crippen LogP contribution in [0.5, 0.6) is 5.75 Å². The number of ether oxygens (including phenoxy) is 1. The van der Waals surface area contributed by atoms with Crippen molar-refractivity contribution in [2.24, 2.45) is 0 Å². The number of benzene rings is 2. The van der Waals surface area contributed by atoms with E-state index in [-0.39, 0.29) is 5.91 Å². The van der Waals surface area contributed by atoms with Gasteiger partial charge in [0.1, 0.15) is 5.75 Å². The molecule has 0 aliphatic carbocycles. The molecule has 2 rings (SSSR count). The van der Waals surface area contributed by atoms with Crippen LogP contribution in [0.25, 0.3) is 0 Å². The molecular formula is C14H12INO2. The van der Waals surface area contributed by atoms with Crippen molar-refractivity contribution in [2.75, 3.05) is 12.4 Å². The summed E-state index contributed by atoms with van der Waals surface area (Å²) in [7, 11) is 1.61. The van der Waals surface area contributed by atoms with E-state index in [0.29, 0.717) is 5.56 Å². The number of anilines is 1. The van der Waals surface area contributed by atoms with Crippen molar-refractivity contribution in [1.82, 2.24) is 0 Å². The van der Waals surface area contributed by atoms with Gasteiger partial charge in [0, 0.05) is 9.26 Å². The molecule has 0 atom stereocenters.